The molecule has 0 unspecified atom stereocenters. The van der Waals surface area contributed by atoms with E-state index in [4.69, 9.17) is 4.74 Å². The van der Waals surface area contributed by atoms with Crippen molar-refractivity contribution in [2.75, 3.05) is 6.61 Å². The maximum absolute atomic E-state index is 11.8. The summed E-state index contributed by atoms with van der Waals surface area (Å²) >= 11 is 3.38. The molecule has 1 amide bonds. The first-order chi connectivity index (χ1) is 9.60. The summed E-state index contributed by atoms with van der Waals surface area (Å²) in [4.78, 5) is 23.2. The highest BCUT2D eigenvalue weighted by Gasteiger charge is 2.31. The molecule has 1 saturated carbocycles. The van der Waals surface area contributed by atoms with Gasteiger partial charge in [-0.2, -0.15) is 0 Å². The van der Waals surface area contributed by atoms with E-state index in [-0.39, 0.29) is 30.4 Å². The van der Waals surface area contributed by atoms with Crippen LogP contribution in [0.15, 0.2) is 28.7 Å². The van der Waals surface area contributed by atoms with Crippen LogP contribution in [0.2, 0.25) is 0 Å². The molecule has 0 saturated heterocycles. The normalized spacial score (nSPS) is 15.5. The van der Waals surface area contributed by atoms with Crippen LogP contribution in [0.1, 0.15) is 37.8 Å². The first-order valence-corrected chi connectivity index (χ1v) is 7.61. The summed E-state index contributed by atoms with van der Waals surface area (Å²) in [5.74, 6) is -0.484. The summed E-state index contributed by atoms with van der Waals surface area (Å²) in [6.45, 7) is 1.81. The third kappa shape index (κ3) is 4.34. The number of hydrogen-bond acceptors (Lipinski definition) is 3. The van der Waals surface area contributed by atoms with E-state index < -0.39 is 0 Å². The van der Waals surface area contributed by atoms with Gasteiger partial charge in [0.1, 0.15) is 0 Å². The second kappa shape index (κ2) is 6.88. The molecular weight excluding hydrogens is 322 g/mol. The number of halogens is 1. The number of ether oxygens (including phenoxy) is 1. The van der Waals surface area contributed by atoms with Crippen molar-refractivity contribution >= 4 is 27.8 Å². The molecule has 1 atom stereocenters. The first-order valence-electron chi connectivity index (χ1n) is 6.81. The number of carbonyl (C=O) groups is 2. The molecule has 0 aromatic heterocycles. The molecule has 0 aliphatic heterocycles. The first kappa shape index (κ1) is 15.0. The Hall–Kier alpha value is -1.36. The standard InChI is InChI=1S/C15H18BrNO3/c1-2-13(10-5-7-12(16)8-6-10)17-14(18)9-20-15(19)11-3-4-11/h5-8,11,13H,2-4,9H2,1H3,(H,17,18)/t13-/m0/s1. The lowest BCUT2D eigenvalue weighted by atomic mass is 10.0. The molecule has 1 aromatic carbocycles. The highest BCUT2D eigenvalue weighted by Crippen LogP contribution is 2.30. The fourth-order valence-electron chi connectivity index (χ4n) is 1.93. The van der Waals surface area contributed by atoms with Gasteiger partial charge in [0.25, 0.3) is 5.91 Å². The van der Waals surface area contributed by atoms with E-state index in [1.165, 1.54) is 0 Å². The highest BCUT2D eigenvalue weighted by molar-refractivity contribution is 9.10. The van der Waals surface area contributed by atoms with Crippen molar-refractivity contribution in [3.63, 3.8) is 0 Å². The van der Waals surface area contributed by atoms with E-state index in [9.17, 15) is 9.59 Å². The smallest absolute Gasteiger partial charge is 0.309 e. The number of rotatable bonds is 6. The summed E-state index contributed by atoms with van der Waals surface area (Å²) in [7, 11) is 0. The Bertz CT molecular complexity index is 482. The molecular formula is C15H18BrNO3. The third-order valence-electron chi connectivity index (χ3n) is 3.27. The van der Waals surface area contributed by atoms with Gasteiger partial charge in [-0.1, -0.05) is 35.0 Å². The van der Waals surface area contributed by atoms with Crippen LogP contribution < -0.4 is 5.32 Å². The molecule has 0 heterocycles. The topological polar surface area (TPSA) is 55.4 Å². The highest BCUT2D eigenvalue weighted by atomic mass is 79.9. The Kier molecular flexibility index (Phi) is 5.17. The van der Waals surface area contributed by atoms with Gasteiger partial charge in [-0.3, -0.25) is 9.59 Å². The summed E-state index contributed by atoms with van der Waals surface area (Å²) in [6, 6.07) is 7.76. The Labute approximate surface area is 127 Å². The second-order valence-corrected chi connectivity index (χ2v) is 5.88. The lowest BCUT2D eigenvalue weighted by molar-refractivity contribution is -0.150. The minimum absolute atomic E-state index is 0.0243. The monoisotopic (exact) mass is 339 g/mol. The molecule has 4 nitrogen and oxygen atoms in total. The van der Waals surface area contributed by atoms with E-state index in [1.807, 2.05) is 31.2 Å². The number of hydrogen-bond donors (Lipinski definition) is 1. The van der Waals surface area contributed by atoms with Gasteiger partial charge in [0.2, 0.25) is 0 Å². The predicted molar refractivity (Wildman–Crippen MR) is 79.0 cm³/mol. The van der Waals surface area contributed by atoms with E-state index in [0.29, 0.717) is 0 Å². The zero-order valence-corrected chi connectivity index (χ0v) is 13.0. The fraction of sp³-hybridized carbons (Fsp3) is 0.467. The van der Waals surface area contributed by atoms with Crippen LogP contribution >= 0.6 is 15.9 Å². The molecule has 1 aliphatic carbocycles. The van der Waals surface area contributed by atoms with Crippen LogP contribution in [-0.2, 0) is 14.3 Å². The molecule has 2 rings (SSSR count). The van der Waals surface area contributed by atoms with E-state index in [1.54, 1.807) is 0 Å². The van der Waals surface area contributed by atoms with Crippen molar-refractivity contribution in [2.24, 2.45) is 5.92 Å². The molecule has 1 N–H and O–H groups in total. The average Bonchev–Trinajstić information content (AvgIpc) is 3.28. The van der Waals surface area contributed by atoms with Crippen molar-refractivity contribution in [3.8, 4) is 0 Å². The maximum atomic E-state index is 11.8. The Balaban J connectivity index is 1.83. The molecule has 108 valence electrons. The lowest BCUT2D eigenvalue weighted by Gasteiger charge is -2.17. The zero-order valence-electron chi connectivity index (χ0n) is 11.4. The number of esters is 1. The van der Waals surface area contributed by atoms with Crippen molar-refractivity contribution in [2.45, 2.75) is 32.2 Å². The molecule has 0 bridgehead atoms. The minimum Gasteiger partial charge on any atom is -0.455 e. The number of amides is 1. The van der Waals surface area contributed by atoms with Crippen molar-refractivity contribution in [1.82, 2.24) is 5.32 Å². The quantitative estimate of drug-likeness (QED) is 0.810. The lowest BCUT2D eigenvalue weighted by Crippen LogP contribution is -2.32. The molecule has 20 heavy (non-hydrogen) atoms. The van der Waals surface area contributed by atoms with Gasteiger partial charge in [-0.05, 0) is 37.0 Å². The van der Waals surface area contributed by atoms with Gasteiger partial charge < -0.3 is 10.1 Å². The van der Waals surface area contributed by atoms with Crippen molar-refractivity contribution in [3.05, 3.63) is 34.3 Å². The van der Waals surface area contributed by atoms with Crippen LogP contribution in [0.5, 0.6) is 0 Å². The van der Waals surface area contributed by atoms with Gasteiger partial charge in [-0.15, -0.1) is 0 Å². The van der Waals surface area contributed by atoms with Crippen LogP contribution in [-0.4, -0.2) is 18.5 Å². The number of nitrogens with one attached hydrogen (secondary N) is 1. The van der Waals surface area contributed by atoms with Gasteiger partial charge in [-0.25, -0.2) is 0 Å². The van der Waals surface area contributed by atoms with Gasteiger partial charge in [0.15, 0.2) is 6.61 Å². The molecule has 1 aromatic rings. The summed E-state index contributed by atoms with van der Waals surface area (Å²) < 4.78 is 5.97. The average molecular weight is 340 g/mol. The van der Waals surface area contributed by atoms with Crippen molar-refractivity contribution < 1.29 is 14.3 Å². The van der Waals surface area contributed by atoms with Gasteiger partial charge in [0.05, 0.1) is 12.0 Å². The third-order valence-corrected chi connectivity index (χ3v) is 3.80. The molecule has 1 fully saturated rings. The van der Waals surface area contributed by atoms with Crippen molar-refractivity contribution in [1.29, 1.82) is 0 Å². The molecule has 5 heteroatoms. The number of carbonyl (C=O) groups excluding carboxylic acids is 2. The second-order valence-electron chi connectivity index (χ2n) is 4.96. The van der Waals surface area contributed by atoms with Gasteiger partial charge >= 0.3 is 5.97 Å². The molecule has 0 radical (unpaired) electrons. The fourth-order valence-corrected chi connectivity index (χ4v) is 2.19. The summed E-state index contributed by atoms with van der Waals surface area (Å²) in [5, 5.41) is 2.89. The maximum Gasteiger partial charge on any atom is 0.309 e. The van der Waals surface area contributed by atoms with E-state index in [0.717, 1.165) is 29.3 Å². The van der Waals surface area contributed by atoms with Crippen LogP contribution in [0.25, 0.3) is 0 Å². The van der Waals surface area contributed by atoms with Crippen LogP contribution in [0.3, 0.4) is 0 Å². The number of benzene rings is 1. The largest absolute Gasteiger partial charge is 0.455 e. The Morgan fingerprint density at radius 2 is 2.00 bits per heavy atom. The molecule has 1 aliphatic rings. The van der Waals surface area contributed by atoms with E-state index >= 15 is 0 Å². The van der Waals surface area contributed by atoms with Crippen LogP contribution in [0, 0.1) is 5.92 Å². The molecule has 0 spiro atoms. The summed E-state index contributed by atoms with van der Waals surface area (Å²) in [5.41, 5.74) is 1.04. The van der Waals surface area contributed by atoms with Crippen LogP contribution in [0.4, 0.5) is 0 Å². The van der Waals surface area contributed by atoms with E-state index in [2.05, 4.69) is 21.2 Å². The van der Waals surface area contributed by atoms with Gasteiger partial charge in [0, 0.05) is 4.47 Å². The Morgan fingerprint density at radius 3 is 2.55 bits per heavy atom. The minimum atomic E-state index is -0.256. The Morgan fingerprint density at radius 1 is 1.35 bits per heavy atom. The SMILES string of the molecule is CC[C@H](NC(=O)COC(=O)C1CC1)c1ccc(Br)cc1. The summed E-state index contributed by atoms with van der Waals surface area (Å²) in [6.07, 6.45) is 2.55. The zero-order chi connectivity index (χ0) is 14.5. The predicted octanol–water partition coefficient (Wildman–Crippen LogP) is 2.97.